The number of likely N-dealkylation sites (tertiary alicyclic amines) is 1. The van der Waals surface area contributed by atoms with Crippen LogP contribution < -0.4 is 10.5 Å². The van der Waals surface area contributed by atoms with E-state index < -0.39 is 6.09 Å². The molecule has 0 spiro atoms. The molecule has 2 unspecified atom stereocenters. The molecule has 8 heteroatoms. The Morgan fingerprint density at radius 1 is 1.68 bits per heavy atom. The van der Waals surface area contributed by atoms with Crippen LogP contribution in [0.5, 0.6) is 5.88 Å². The molecule has 3 N–H and O–H groups in total. The molecule has 0 aromatic carbocycles. The molecule has 2 rings (SSSR count). The Morgan fingerprint density at radius 3 is 3.09 bits per heavy atom. The first-order valence-corrected chi connectivity index (χ1v) is 7.25. The Bertz CT molecular complexity index is 586. The average molecular weight is 305 g/mol. The molecule has 1 aliphatic rings. The van der Waals surface area contributed by atoms with Crippen LogP contribution in [0, 0.1) is 11.3 Å². The highest BCUT2D eigenvalue weighted by molar-refractivity contribution is 5.66. The molecule has 1 aromatic rings. The minimum absolute atomic E-state index is 0.0530. The third-order valence-corrected chi connectivity index (χ3v) is 3.71. The molecule has 0 saturated carbocycles. The van der Waals surface area contributed by atoms with Crippen molar-refractivity contribution in [3.8, 4) is 11.9 Å². The number of nitrogen functional groups attached to an aromatic ring is 1. The summed E-state index contributed by atoms with van der Waals surface area (Å²) >= 11 is 0. The van der Waals surface area contributed by atoms with Crippen molar-refractivity contribution in [3.05, 3.63) is 11.9 Å². The second-order valence-corrected chi connectivity index (χ2v) is 5.19. The van der Waals surface area contributed by atoms with E-state index in [4.69, 9.17) is 15.7 Å². The van der Waals surface area contributed by atoms with Crippen LogP contribution in [0.25, 0.3) is 0 Å². The summed E-state index contributed by atoms with van der Waals surface area (Å²) in [5.41, 5.74) is 5.63. The molecule has 118 valence electrons. The second kappa shape index (κ2) is 6.93. The highest BCUT2D eigenvalue weighted by Gasteiger charge is 2.38. The zero-order valence-corrected chi connectivity index (χ0v) is 12.4. The van der Waals surface area contributed by atoms with Crippen LogP contribution in [-0.2, 0) is 0 Å². The number of hydrogen-bond donors (Lipinski definition) is 2. The van der Waals surface area contributed by atoms with Gasteiger partial charge in [-0.3, -0.25) is 0 Å². The van der Waals surface area contributed by atoms with Crippen LogP contribution in [0.15, 0.2) is 6.20 Å². The van der Waals surface area contributed by atoms with Crippen molar-refractivity contribution >= 4 is 11.9 Å². The molecular weight excluding hydrogens is 286 g/mol. The molecule has 2 atom stereocenters. The first kappa shape index (κ1) is 15.8. The average Bonchev–Trinajstić information content (AvgIpc) is 2.88. The summed E-state index contributed by atoms with van der Waals surface area (Å²) in [4.78, 5) is 20.6. The number of ether oxygens (including phenoxy) is 1. The normalized spacial score (nSPS) is 20.6. The zero-order chi connectivity index (χ0) is 16.1. The predicted molar refractivity (Wildman–Crippen MR) is 78.2 cm³/mol. The van der Waals surface area contributed by atoms with Gasteiger partial charge < -0.3 is 20.5 Å². The van der Waals surface area contributed by atoms with Crippen molar-refractivity contribution < 1.29 is 14.6 Å². The lowest BCUT2D eigenvalue weighted by molar-refractivity contribution is 0.104. The maximum absolute atomic E-state index is 11.3. The number of aromatic nitrogens is 2. The van der Waals surface area contributed by atoms with Crippen LogP contribution in [-0.4, -0.2) is 44.8 Å². The van der Waals surface area contributed by atoms with Gasteiger partial charge in [0.2, 0.25) is 5.69 Å². The Balaban J connectivity index is 2.19. The van der Waals surface area contributed by atoms with Crippen molar-refractivity contribution in [3.63, 3.8) is 0 Å². The van der Waals surface area contributed by atoms with E-state index in [9.17, 15) is 9.90 Å². The van der Waals surface area contributed by atoms with E-state index >= 15 is 0 Å². The predicted octanol–water partition coefficient (Wildman–Crippen LogP) is 1.62. The number of carboxylic acid groups (broad SMARTS) is 1. The summed E-state index contributed by atoms with van der Waals surface area (Å²) in [6.07, 6.45) is 3.14. The lowest BCUT2D eigenvalue weighted by atomic mass is 10.1. The minimum Gasteiger partial charge on any atom is -0.470 e. The number of hydrogen-bond acceptors (Lipinski definition) is 6. The van der Waals surface area contributed by atoms with Gasteiger partial charge in [0.25, 0.3) is 5.88 Å². The number of rotatable bonds is 5. The van der Waals surface area contributed by atoms with Crippen molar-refractivity contribution in [1.82, 2.24) is 14.9 Å². The number of nitrogens with zero attached hydrogens (tertiary/aromatic N) is 4. The van der Waals surface area contributed by atoms with Gasteiger partial charge in [0, 0.05) is 13.0 Å². The van der Waals surface area contributed by atoms with Crippen LogP contribution in [0.2, 0.25) is 0 Å². The lowest BCUT2D eigenvalue weighted by Crippen LogP contribution is -2.40. The monoisotopic (exact) mass is 305 g/mol. The van der Waals surface area contributed by atoms with E-state index in [1.165, 1.54) is 11.1 Å². The third kappa shape index (κ3) is 3.36. The van der Waals surface area contributed by atoms with Crippen LogP contribution >= 0.6 is 0 Å². The van der Waals surface area contributed by atoms with Gasteiger partial charge in [0.1, 0.15) is 18.0 Å². The fourth-order valence-electron chi connectivity index (χ4n) is 2.64. The van der Waals surface area contributed by atoms with Crippen LogP contribution in [0.4, 0.5) is 10.6 Å². The van der Waals surface area contributed by atoms with Gasteiger partial charge in [-0.1, -0.05) is 19.8 Å². The first-order chi connectivity index (χ1) is 10.6. The molecule has 0 radical (unpaired) electrons. The molecule has 1 aromatic heterocycles. The minimum atomic E-state index is -0.952. The molecule has 8 nitrogen and oxygen atoms in total. The summed E-state index contributed by atoms with van der Waals surface area (Å²) in [6.45, 7) is 2.46. The molecule has 1 amide bonds. The number of nitrogens with two attached hydrogens (primary N) is 1. The number of anilines is 1. The molecule has 2 heterocycles. The Kier molecular flexibility index (Phi) is 4.99. The highest BCUT2D eigenvalue weighted by Crippen LogP contribution is 2.27. The molecule has 0 aliphatic carbocycles. The third-order valence-electron chi connectivity index (χ3n) is 3.71. The molecule has 1 aliphatic heterocycles. The Labute approximate surface area is 128 Å². The van der Waals surface area contributed by atoms with E-state index in [2.05, 4.69) is 9.97 Å². The maximum atomic E-state index is 11.3. The fourth-order valence-corrected chi connectivity index (χ4v) is 2.64. The summed E-state index contributed by atoms with van der Waals surface area (Å²) in [6, 6.07) is 1.66. The van der Waals surface area contributed by atoms with E-state index in [0.717, 1.165) is 12.8 Å². The standard InChI is InChI=1S/C14H19N5O3/c1-2-3-4-10-11(5-6-19(10)14(20)21)22-13-9(7-15)17-8-12(16)18-13/h8,10-11H,2-6H2,1H3,(H2,16,18)(H,20,21). The number of carbonyl (C=O) groups is 1. The van der Waals surface area contributed by atoms with Crippen molar-refractivity contribution in [2.45, 2.75) is 44.8 Å². The summed E-state index contributed by atoms with van der Waals surface area (Å²) in [5, 5.41) is 18.3. The quantitative estimate of drug-likeness (QED) is 0.846. The number of nitriles is 1. The van der Waals surface area contributed by atoms with Crippen LogP contribution in [0.1, 0.15) is 38.3 Å². The second-order valence-electron chi connectivity index (χ2n) is 5.19. The lowest BCUT2D eigenvalue weighted by Gasteiger charge is -2.26. The maximum Gasteiger partial charge on any atom is 0.407 e. The van der Waals surface area contributed by atoms with Gasteiger partial charge in [-0.05, 0) is 6.42 Å². The van der Waals surface area contributed by atoms with E-state index in [1.807, 2.05) is 13.0 Å². The van der Waals surface area contributed by atoms with Crippen molar-refractivity contribution in [2.24, 2.45) is 0 Å². The zero-order valence-electron chi connectivity index (χ0n) is 12.4. The van der Waals surface area contributed by atoms with Crippen molar-refractivity contribution in [1.29, 1.82) is 5.26 Å². The SMILES string of the molecule is CCCCC1C(Oc2nc(N)cnc2C#N)CCN1C(=O)O. The molecule has 22 heavy (non-hydrogen) atoms. The summed E-state index contributed by atoms with van der Waals surface area (Å²) in [5.74, 6) is 0.230. The summed E-state index contributed by atoms with van der Waals surface area (Å²) in [7, 11) is 0. The number of amides is 1. The Morgan fingerprint density at radius 2 is 2.45 bits per heavy atom. The largest absolute Gasteiger partial charge is 0.470 e. The summed E-state index contributed by atoms with van der Waals surface area (Å²) < 4.78 is 5.79. The first-order valence-electron chi connectivity index (χ1n) is 7.25. The molecule has 1 fully saturated rings. The Hall–Kier alpha value is -2.56. The van der Waals surface area contributed by atoms with E-state index in [0.29, 0.717) is 19.4 Å². The van der Waals surface area contributed by atoms with Crippen molar-refractivity contribution in [2.75, 3.05) is 12.3 Å². The van der Waals surface area contributed by atoms with Gasteiger partial charge in [0.05, 0.1) is 12.2 Å². The van der Waals surface area contributed by atoms with Gasteiger partial charge in [-0.2, -0.15) is 10.2 Å². The molecular formula is C14H19N5O3. The topological polar surface area (TPSA) is 125 Å². The van der Waals surface area contributed by atoms with E-state index in [-0.39, 0.29) is 29.5 Å². The van der Waals surface area contributed by atoms with E-state index in [1.54, 1.807) is 0 Å². The van der Waals surface area contributed by atoms with Gasteiger partial charge in [0.15, 0.2) is 0 Å². The number of unbranched alkanes of at least 4 members (excludes halogenated alkanes) is 1. The molecule has 1 saturated heterocycles. The van der Waals surface area contributed by atoms with Gasteiger partial charge in [-0.15, -0.1) is 0 Å². The highest BCUT2D eigenvalue weighted by atomic mass is 16.5. The smallest absolute Gasteiger partial charge is 0.407 e. The fraction of sp³-hybridized carbons (Fsp3) is 0.571. The van der Waals surface area contributed by atoms with Gasteiger partial charge >= 0.3 is 6.09 Å². The van der Waals surface area contributed by atoms with Gasteiger partial charge in [-0.25, -0.2) is 9.78 Å². The van der Waals surface area contributed by atoms with Crippen LogP contribution in [0.3, 0.4) is 0 Å². The molecule has 0 bridgehead atoms.